The first-order chi connectivity index (χ1) is 11.1. The molecule has 3 heteroatoms. The Morgan fingerprint density at radius 1 is 1.00 bits per heavy atom. The van der Waals surface area contributed by atoms with Gasteiger partial charge in [0.05, 0.1) is 32.7 Å². The predicted octanol–water partition coefficient (Wildman–Crippen LogP) is 4.21. The lowest BCUT2D eigenvalue weighted by atomic mass is 9.96. The van der Waals surface area contributed by atoms with Gasteiger partial charge in [0, 0.05) is 18.1 Å². The maximum atomic E-state index is 6.54. The Balaban J connectivity index is 1.93. The third-order valence-electron chi connectivity index (χ3n) is 5.30. The molecular formula is C20H26ClN2+. The van der Waals surface area contributed by atoms with Crippen molar-refractivity contribution < 1.29 is 4.48 Å². The molecule has 1 aliphatic rings. The Bertz CT molecular complexity index is 633. The van der Waals surface area contributed by atoms with Crippen LogP contribution >= 0.6 is 11.6 Å². The molecule has 0 N–H and O–H groups in total. The molecular weight excluding hydrogens is 304 g/mol. The van der Waals surface area contributed by atoms with Gasteiger partial charge in [-0.1, -0.05) is 60.1 Å². The molecule has 1 fully saturated rings. The fourth-order valence-electron chi connectivity index (χ4n) is 3.46. The molecule has 1 saturated heterocycles. The summed E-state index contributed by atoms with van der Waals surface area (Å²) >= 11 is 6.54. The maximum Gasteiger partial charge on any atom is 0.0914 e. The molecule has 0 amide bonds. The van der Waals surface area contributed by atoms with Crippen molar-refractivity contribution in [3.05, 3.63) is 70.7 Å². The highest BCUT2D eigenvalue weighted by Gasteiger charge is 2.32. The minimum atomic E-state index is 0.246. The molecule has 1 atom stereocenters. The first kappa shape index (κ1) is 16.5. The number of halogens is 1. The molecule has 2 nitrogen and oxygen atoms in total. The zero-order valence-electron chi connectivity index (χ0n) is 14.1. The van der Waals surface area contributed by atoms with Crippen LogP contribution in [0.2, 0.25) is 5.02 Å². The zero-order valence-corrected chi connectivity index (χ0v) is 14.8. The van der Waals surface area contributed by atoms with E-state index in [1.54, 1.807) is 0 Å². The van der Waals surface area contributed by atoms with Gasteiger partial charge in [-0.2, -0.15) is 0 Å². The first-order valence-corrected chi connectivity index (χ1v) is 8.88. The minimum absolute atomic E-state index is 0.246. The van der Waals surface area contributed by atoms with E-state index in [9.17, 15) is 0 Å². The predicted molar refractivity (Wildman–Crippen MR) is 97.8 cm³/mol. The van der Waals surface area contributed by atoms with E-state index < -0.39 is 0 Å². The molecule has 23 heavy (non-hydrogen) atoms. The summed E-state index contributed by atoms with van der Waals surface area (Å²) in [5, 5.41) is 0.861. The van der Waals surface area contributed by atoms with Gasteiger partial charge in [-0.05, 0) is 24.1 Å². The van der Waals surface area contributed by atoms with Gasteiger partial charge >= 0.3 is 0 Å². The fraction of sp³-hybridized carbons (Fsp3) is 0.400. The minimum Gasteiger partial charge on any atom is -0.324 e. The average Bonchev–Trinajstić information content (AvgIpc) is 2.60. The van der Waals surface area contributed by atoms with Crippen LogP contribution in [0.4, 0.5) is 0 Å². The molecule has 1 aliphatic heterocycles. The van der Waals surface area contributed by atoms with Gasteiger partial charge in [-0.25, -0.2) is 0 Å². The smallest absolute Gasteiger partial charge is 0.0914 e. The fourth-order valence-corrected chi connectivity index (χ4v) is 3.70. The Labute approximate surface area is 144 Å². The molecule has 1 heterocycles. The van der Waals surface area contributed by atoms with Gasteiger partial charge in [0.25, 0.3) is 0 Å². The van der Waals surface area contributed by atoms with Crippen LogP contribution in [0.3, 0.4) is 0 Å². The van der Waals surface area contributed by atoms with Gasteiger partial charge in [0.1, 0.15) is 0 Å². The lowest BCUT2D eigenvalue weighted by Gasteiger charge is -2.44. The number of likely N-dealkylation sites (N-methyl/N-ethyl adjacent to an activating group) is 1. The van der Waals surface area contributed by atoms with Crippen molar-refractivity contribution in [3.8, 4) is 0 Å². The number of hydrogen-bond donors (Lipinski definition) is 0. The van der Waals surface area contributed by atoms with Crippen molar-refractivity contribution in [1.29, 1.82) is 0 Å². The van der Waals surface area contributed by atoms with E-state index in [0.717, 1.165) is 18.1 Å². The van der Waals surface area contributed by atoms with Crippen LogP contribution in [0.1, 0.15) is 24.1 Å². The number of benzene rings is 2. The van der Waals surface area contributed by atoms with Crippen LogP contribution in [-0.2, 0) is 0 Å². The van der Waals surface area contributed by atoms with Crippen LogP contribution in [0, 0.1) is 0 Å². The molecule has 1 unspecified atom stereocenters. The number of hydrogen-bond acceptors (Lipinski definition) is 1. The van der Waals surface area contributed by atoms with Crippen molar-refractivity contribution >= 4 is 11.6 Å². The summed E-state index contributed by atoms with van der Waals surface area (Å²) in [6.07, 6.45) is 0. The Hall–Kier alpha value is -1.35. The summed E-state index contributed by atoms with van der Waals surface area (Å²) in [6, 6.07) is 19.3. The average molecular weight is 330 g/mol. The first-order valence-electron chi connectivity index (χ1n) is 8.50. The van der Waals surface area contributed by atoms with Crippen LogP contribution in [0.15, 0.2) is 54.6 Å². The van der Waals surface area contributed by atoms with E-state index in [1.807, 2.05) is 12.1 Å². The van der Waals surface area contributed by atoms with Gasteiger partial charge in [-0.15, -0.1) is 0 Å². The summed E-state index contributed by atoms with van der Waals surface area (Å²) in [5.74, 6) is 0. The number of rotatable bonds is 4. The van der Waals surface area contributed by atoms with Crippen LogP contribution in [0.25, 0.3) is 0 Å². The van der Waals surface area contributed by atoms with Crippen LogP contribution in [-0.4, -0.2) is 49.2 Å². The molecule has 0 spiro atoms. The third kappa shape index (κ3) is 3.60. The summed E-state index contributed by atoms with van der Waals surface area (Å²) in [6.45, 7) is 8.10. The van der Waals surface area contributed by atoms with Gasteiger partial charge in [0.15, 0.2) is 0 Å². The lowest BCUT2D eigenvalue weighted by molar-refractivity contribution is -0.912. The molecule has 2 aromatic carbocycles. The normalized spacial score (nSPS) is 19.4. The number of piperazine rings is 1. The quantitative estimate of drug-likeness (QED) is 0.759. The Morgan fingerprint density at radius 3 is 2.22 bits per heavy atom. The van der Waals surface area contributed by atoms with Crippen LogP contribution in [0.5, 0.6) is 0 Å². The van der Waals surface area contributed by atoms with E-state index >= 15 is 0 Å². The monoisotopic (exact) mass is 329 g/mol. The van der Waals surface area contributed by atoms with Crippen molar-refractivity contribution in [2.75, 3.05) is 39.8 Å². The van der Waals surface area contributed by atoms with Gasteiger partial charge in [-0.3, -0.25) is 4.90 Å². The molecule has 0 aliphatic carbocycles. The molecule has 122 valence electrons. The van der Waals surface area contributed by atoms with Gasteiger partial charge < -0.3 is 4.48 Å². The second-order valence-corrected chi connectivity index (χ2v) is 7.16. The maximum absolute atomic E-state index is 6.54. The summed E-state index contributed by atoms with van der Waals surface area (Å²) in [5.41, 5.74) is 2.54. The van der Waals surface area contributed by atoms with Crippen molar-refractivity contribution in [1.82, 2.24) is 4.90 Å². The van der Waals surface area contributed by atoms with Crippen molar-refractivity contribution in [3.63, 3.8) is 0 Å². The lowest BCUT2D eigenvalue weighted by Crippen LogP contribution is -2.57. The van der Waals surface area contributed by atoms with E-state index in [2.05, 4.69) is 61.3 Å². The summed E-state index contributed by atoms with van der Waals surface area (Å²) in [7, 11) is 2.37. The van der Waals surface area contributed by atoms with Crippen LogP contribution < -0.4 is 0 Å². The number of quaternary nitrogens is 1. The second kappa shape index (κ2) is 7.04. The molecule has 0 saturated carbocycles. The molecule has 0 aromatic heterocycles. The topological polar surface area (TPSA) is 3.24 Å². The van der Waals surface area contributed by atoms with Crippen molar-refractivity contribution in [2.24, 2.45) is 0 Å². The second-order valence-electron chi connectivity index (χ2n) is 6.75. The summed E-state index contributed by atoms with van der Waals surface area (Å²) < 4.78 is 1.17. The molecule has 3 rings (SSSR count). The van der Waals surface area contributed by atoms with E-state index in [0.29, 0.717) is 0 Å². The van der Waals surface area contributed by atoms with Crippen molar-refractivity contribution in [2.45, 2.75) is 13.0 Å². The summed E-state index contributed by atoms with van der Waals surface area (Å²) in [4.78, 5) is 2.59. The zero-order chi connectivity index (χ0) is 16.3. The molecule has 0 radical (unpaired) electrons. The van der Waals surface area contributed by atoms with E-state index in [4.69, 9.17) is 11.6 Å². The Kier molecular flexibility index (Phi) is 5.05. The molecule has 0 bridgehead atoms. The van der Waals surface area contributed by atoms with Gasteiger partial charge in [0.2, 0.25) is 0 Å². The third-order valence-corrected chi connectivity index (χ3v) is 5.64. The highest BCUT2D eigenvalue weighted by atomic mass is 35.5. The number of nitrogens with zero attached hydrogens (tertiary/aromatic N) is 2. The largest absolute Gasteiger partial charge is 0.324 e. The molecule has 2 aromatic rings. The van der Waals surface area contributed by atoms with E-state index in [1.165, 1.54) is 35.2 Å². The Morgan fingerprint density at radius 2 is 1.61 bits per heavy atom. The SMILES string of the molecule is CC[N+]1(C)CCN(C(c2ccccc2)c2ccccc2Cl)CC1. The highest BCUT2D eigenvalue weighted by Crippen LogP contribution is 2.34. The standard InChI is InChI=1S/C20H26ClN2/c1-3-23(2)15-13-22(14-16-23)20(17-9-5-4-6-10-17)18-11-7-8-12-19(18)21/h4-12,20H,3,13-16H2,1-2H3/q+1. The van der Waals surface area contributed by atoms with E-state index in [-0.39, 0.29) is 6.04 Å². The highest BCUT2D eigenvalue weighted by molar-refractivity contribution is 6.31.